The van der Waals surface area contributed by atoms with Crippen LogP contribution < -0.4 is 19.6 Å². The Hall–Kier alpha value is -2.68. The summed E-state index contributed by atoms with van der Waals surface area (Å²) in [6.07, 6.45) is 1.43. The Morgan fingerprint density at radius 2 is 1.97 bits per heavy atom. The lowest BCUT2D eigenvalue weighted by molar-refractivity contribution is -0.123. The van der Waals surface area contributed by atoms with E-state index in [0.29, 0.717) is 37.3 Å². The van der Waals surface area contributed by atoms with Crippen LogP contribution in [-0.2, 0) is 16.1 Å². The van der Waals surface area contributed by atoms with E-state index >= 15 is 0 Å². The third-order valence-corrected chi connectivity index (χ3v) is 5.68. The smallest absolute Gasteiger partial charge is 0.278 e. The van der Waals surface area contributed by atoms with Crippen LogP contribution in [0.3, 0.4) is 0 Å². The van der Waals surface area contributed by atoms with Crippen molar-refractivity contribution in [3.63, 3.8) is 0 Å². The zero-order chi connectivity index (χ0) is 23.0. The number of aryl methyl sites for hydroxylation is 1. The third kappa shape index (κ3) is 6.16. The summed E-state index contributed by atoms with van der Waals surface area (Å²) in [7, 11) is 4.58. The van der Waals surface area contributed by atoms with Crippen LogP contribution in [-0.4, -0.2) is 45.0 Å². The fourth-order valence-electron chi connectivity index (χ4n) is 2.54. The monoisotopic (exact) mass is 554 g/mol. The topological polar surface area (TPSA) is 115 Å². The minimum Gasteiger partial charge on any atom is -0.496 e. The number of halogens is 2. The summed E-state index contributed by atoms with van der Waals surface area (Å²) < 4.78 is 22.5. The first kappa shape index (κ1) is 24.6. The van der Waals surface area contributed by atoms with Gasteiger partial charge in [0.15, 0.2) is 6.61 Å². The van der Waals surface area contributed by atoms with Crippen LogP contribution in [0.5, 0.6) is 17.4 Å². The number of pyridine rings is 1. The second-order valence-electron chi connectivity index (χ2n) is 6.03. The van der Waals surface area contributed by atoms with Crippen molar-refractivity contribution in [2.24, 2.45) is 5.10 Å². The second kappa shape index (κ2) is 11.6. The number of nitrogens with one attached hydrogen (secondary N) is 1. The molecule has 11 heteroatoms. The largest absolute Gasteiger partial charge is 0.496 e. The molecule has 164 valence electrons. The summed E-state index contributed by atoms with van der Waals surface area (Å²) in [5.74, 6) is 0.649. The number of carbonyl (C=O) groups is 1. The van der Waals surface area contributed by atoms with Crippen molar-refractivity contribution in [1.29, 1.82) is 5.26 Å². The molecule has 2 rings (SSSR count). The van der Waals surface area contributed by atoms with Gasteiger partial charge >= 0.3 is 0 Å². The lowest BCUT2D eigenvalue weighted by atomic mass is 10.1. The molecule has 9 nitrogen and oxygen atoms in total. The molecule has 1 heterocycles. The van der Waals surface area contributed by atoms with E-state index in [-0.39, 0.29) is 24.7 Å². The molecule has 31 heavy (non-hydrogen) atoms. The van der Waals surface area contributed by atoms with Gasteiger partial charge in [0.1, 0.15) is 23.1 Å². The van der Waals surface area contributed by atoms with Gasteiger partial charge in [-0.25, -0.2) is 10.4 Å². The molecule has 1 aromatic carbocycles. The van der Waals surface area contributed by atoms with Crippen molar-refractivity contribution >= 4 is 44.0 Å². The SMILES string of the molecule is COCc1c(Br)c(C)nc(OCC(=O)NN=Cc2cc(Br)c(OC)cc2OC)c1C#N. The first-order valence-corrected chi connectivity index (χ1v) is 10.4. The van der Waals surface area contributed by atoms with Crippen molar-refractivity contribution in [2.45, 2.75) is 13.5 Å². The summed E-state index contributed by atoms with van der Waals surface area (Å²) in [6, 6.07) is 5.48. The molecule has 0 saturated carbocycles. The average Bonchev–Trinajstić information content (AvgIpc) is 2.76. The Morgan fingerprint density at radius 1 is 1.26 bits per heavy atom. The Kier molecular flexibility index (Phi) is 9.23. The number of nitriles is 1. The molecule has 0 spiro atoms. The molecule has 0 bridgehead atoms. The second-order valence-corrected chi connectivity index (χ2v) is 7.67. The molecule has 1 amide bonds. The fourth-order valence-corrected chi connectivity index (χ4v) is 3.46. The molecular formula is C20H20Br2N4O5. The van der Waals surface area contributed by atoms with Crippen LogP contribution in [0.1, 0.15) is 22.4 Å². The highest BCUT2D eigenvalue weighted by Gasteiger charge is 2.18. The summed E-state index contributed by atoms with van der Waals surface area (Å²) in [6.45, 7) is 1.57. The number of ether oxygens (including phenoxy) is 4. The van der Waals surface area contributed by atoms with Crippen LogP contribution in [0.25, 0.3) is 0 Å². The maximum absolute atomic E-state index is 12.1. The number of hydrazone groups is 1. The molecular weight excluding hydrogens is 536 g/mol. The molecule has 0 unspecified atom stereocenters. The molecule has 0 atom stereocenters. The number of amides is 1. The number of hydrogen-bond donors (Lipinski definition) is 1. The molecule has 1 N–H and O–H groups in total. The highest BCUT2D eigenvalue weighted by Crippen LogP contribution is 2.32. The first-order chi connectivity index (χ1) is 14.9. The van der Waals surface area contributed by atoms with Gasteiger partial charge in [-0.05, 0) is 44.8 Å². The van der Waals surface area contributed by atoms with E-state index in [2.05, 4.69) is 47.4 Å². The highest BCUT2D eigenvalue weighted by molar-refractivity contribution is 9.10. The van der Waals surface area contributed by atoms with E-state index in [1.807, 2.05) is 6.07 Å². The molecule has 0 radical (unpaired) electrons. The predicted octanol–water partition coefficient (Wildman–Crippen LogP) is 3.48. The average molecular weight is 556 g/mol. The van der Waals surface area contributed by atoms with Gasteiger partial charge in [0.2, 0.25) is 5.88 Å². The number of carbonyl (C=O) groups excluding carboxylic acids is 1. The van der Waals surface area contributed by atoms with Gasteiger partial charge in [0, 0.05) is 28.8 Å². The van der Waals surface area contributed by atoms with Crippen LogP contribution >= 0.6 is 31.9 Å². The summed E-state index contributed by atoms with van der Waals surface area (Å²) in [5, 5.41) is 13.4. The van der Waals surface area contributed by atoms with Gasteiger partial charge in [-0.2, -0.15) is 10.4 Å². The molecule has 0 aliphatic carbocycles. The van der Waals surface area contributed by atoms with Crippen LogP contribution in [0.2, 0.25) is 0 Å². The van der Waals surface area contributed by atoms with E-state index in [1.54, 1.807) is 26.2 Å². The molecule has 0 saturated heterocycles. The molecule has 0 aliphatic rings. The number of rotatable bonds is 9. The number of nitrogens with zero attached hydrogens (tertiary/aromatic N) is 3. The fraction of sp³-hybridized carbons (Fsp3) is 0.300. The van der Waals surface area contributed by atoms with Crippen molar-refractivity contribution in [1.82, 2.24) is 10.4 Å². The molecule has 2 aromatic rings. The maximum atomic E-state index is 12.1. The molecule has 1 aromatic heterocycles. The molecule has 0 fully saturated rings. The van der Waals surface area contributed by atoms with E-state index in [9.17, 15) is 10.1 Å². The lowest BCUT2D eigenvalue weighted by Crippen LogP contribution is -2.25. The number of benzene rings is 1. The van der Waals surface area contributed by atoms with Gasteiger partial charge in [0.25, 0.3) is 5.91 Å². The van der Waals surface area contributed by atoms with Crippen LogP contribution in [0.15, 0.2) is 26.2 Å². The van der Waals surface area contributed by atoms with E-state index < -0.39 is 5.91 Å². The summed E-state index contributed by atoms with van der Waals surface area (Å²) >= 11 is 6.79. The van der Waals surface area contributed by atoms with Crippen molar-refractivity contribution < 1.29 is 23.7 Å². The highest BCUT2D eigenvalue weighted by atomic mass is 79.9. The maximum Gasteiger partial charge on any atom is 0.278 e. The van der Waals surface area contributed by atoms with Crippen molar-refractivity contribution in [3.8, 4) is 23.4 Å². The van der Waals surface area contributed by atoms with Gasteiger partial charge in [-0.3, -0.25) is 4.79 Å². The van der Waals surface area contributed by atoms with E-state index in [0.717, 1.165) is 0 Å². The molecule has 0 aliphatic heterocycles. The number of aromatic nitrogens is 1. The van der Waals surface area contributed by atoms with Gasteiger partial charge < -0.3 is 18.9 Å². The van der Waals surface area contributed by atoms with Gasteiger partial charge in [-0.15, -0.1) is 0 Å². The predicted molar refractivity (Wildman–Crippen MR) is 121 cm³/mol. The zero-order valence-electron chi connectivity index (χ0n) is 17.3. The van der Waals surface area contributed by atoms with Crippen molar-refractivity contribution in [2.75, 3.05) is 27.9 Å². The standard InChI is InChI=1S/C20H20Br2N4O5/c1-11-19(22)14(9-28-2)13(7-23)20(25-11)31-10-18(27)26-24-8-12-5-15(21)17(30-4)6-16(12)29-3/h5-6,8H,9-10H2,1-4H3,(H,26,27). The first-order valence-electron chi connectivity index (χ1n) is 8.80. The Morgan fingerprint density at radius 3 is 2.58 bits per heavy atom. The summed E-state index contributed by atoms with van der Waals surface area (Å²) in [4.78, 5) is 16.4. The zero-order valence-corrected chi connectivity index (χ0v) is 20.5. The normalized spacial score (nSPS) is 10.6. The minimum atomic E-state index is -0.526. The van der Waals surface area contributed by atoms with Gasteiger partial charge in [-0.1, -0.05) is 0 Å². The van der Waals surface area contributed by atoms with Gasteiger partial charge in [0.05, 0.1) is 37.2 Å². The number of hydrogen-bond acceptors (Lipinski definition) is 8. The van der Waals surface area contributed by atoms with Crippen molar-refractivity contribution in [3.05, 3.63) is 43.5 Å². The third-order valence-electron chi connectivity index (χ3n) is 4.00. The Labute approximate surface area is 196 Å². The number of methoxy groups -OCH3 is 3. The minimum absolute atomic E-state index is 0.0510. The Bertz CT molecular complexity index is 1040. The quantitative estimate of drug-likeness (QED) is 0.372. The van der Waals surface area contributed by atoms with E-state index in [1.165, 1.54) is 20.4 Å². The summed E-state index contributed by atoms with van der Waals surface area (Å²) in [5.41, 5.74) is 4.39. The lowest BCUT2D eigenvalue weighted by Gasteiger charge is -2.13. The van der Waals surface area contributed by atoms with Crippen LogP contribution in [0, 0.1) is 18.3 Å². The van der Waals surface area contributed by atoms with Crippen LogP contribution in [0.4, 0.5) is 0 Å². The Balaban J connectivity index is 2.09. The van der Waals surface area contributed by atoms with E-state index in [4.69, 9.17) is 18.9 Å².